The third-order valence-corrected chi connectivity index (χ3v) is 11.2. The summed E-state index contributed by atoms with van der Waals surface area (Å²) in [5, 5.41) is 21.3. The summed E-state index contributed by atoms with van der Waals surface area (Å²) in [6, 6.07) is 25.0. The number of carbonyl (C=O) groups excluding carboxylic acids is 4. The van der Waals surface area contributed by atoms with Gasteiger partial charge in [0.15, 0.2) is 0 Å². The summed E-state index contributed by atoms with van der Waals surface area (Å²) in [5.41, 5.74) is 1.19. The summed E-state index contributed by atoms with van der Waals surface area (Å²) in [4.78, 5) is 66.7. The SMILES string of the molecule is CC(C)(C)OC(=O)[C@@H](CCCCNC(=O)OCc1ccccc1)NC(=O)C(C)(C)c1cnc([C@@H](Cc2c[nH]c3ccccc23)NC(=O)N2CCC(O)(c3ccccc3)CC2)[nH]1.[HH].[HH]. The monoisotopic (exact) mass is 837 g/mol. The van der Waals surface area contributed by atoms with Crippen LogP contribution in [0.5, 0.6) is 0 Å². The molecule has 14 heteroatoms. The van der Waals surface area contributed by atoms with E-state index in [4.69, 9.17) is 14.5 Å². The fourth-order valence-electron chi connectivity index (χ4n) is 7.45. The maximum absolute atomic E-state index is 14.1. The molecule has 2 aromatic heterocycles. The molecule has 4 amide bonds. The maximum Gasteiger partial charge on any atom is 0.407 e. The zero-order valence-electron chi connectivity index (χ0n) is 35.8. The van der Waals surface area contributed by atoms with Crippen LogP contribution >= 0.6 is 0 Å². The van der Waals surface area contributed by atoms with E-state index >= 15 is 0 Å². The van der Waals surface area contributed by atoms with Crippen LogP contribution in [-0.2, 0) is 43.1 Å². The Kier molecular flexibility index (Phi) is 14.2. The van der Waals surface area contributed by atoms with Gasteiger partial charge in [-0.1, -0.05) is 78.9 Å². The molecule has 0 saturated carbocycles. The van der Waals surface area contributed by atoms with Gasteiger partial charge in [-0.05, 0) is 89.5 Å². The van der Waals surface area contributed by atoms with Crippen molar-refractivity contribution in [3.63, 3.8) is 0 Å². The van der Waals surface area contributed by atoms with Gasteiger partial charge in [0.05, 0.1) is 17.1 Å². The number of para-hydroxylation sites is 1. The number of alkyl carbamates (subject to hydrolysis) is 1. The number of hydrogen-bond acceptors (Lipinski definition) is 8. The van der Waals surface area contributed by atoms with Crippen molar-refractivity contribution in [1.82, 2.24) is 35.8 Å². The number of benzene rings is 3. The van der Waals surface area contributed by atoms with Crippen molar-refractivity contribution in [2.45, 2.75) is 108 Å². The molecule has 5 aromatic rings. The number of nitrogens with zero attached hydrogens (tertiary/aromatic N) is 2. The highest BCUT2D eigenvalue weighted by molar-refractivity contribution is 5.91. The van der Waals surface area contributed by atoms with Crippen LogP contribution < -0.4 is 16.0 Å². The number of aliphatic hydroxyl groups is 1. The van der Waals surface area contributed by atoms with Crippen molar-refractivity contribution in [2.75, 3.05) is 19.6 Å². The van der Waals surface area contributed by atoms with Crippen LogP contribution in [0, 0.1) is 0 Å². The van der Waals surface area contributed by atoms with E-state index in [9.17, 15) is 24.3 Å². The molecule has 0 unspecified atom stereocenters. The molecule has 0 radical (unpaired) electrons. The van der Waals surface area contributed by atoms with Gasteiger partial charge < -0.3 is 45.4 Å². The van der Waals surface area contributed by atoms with Crippen molar-refractivity contribution in [3.8, 4) is 0 Å². The molecular weight excluding hydrogens is 775 g/mol. The number of hydrogen-bond donors (Lipinski definition) is 6. The lowest BCUT2D eigenvalue weighted by atomic mass is 9.84. The lowest BCUT2D eigenvalue weighted by molar-refractivity contribution is -0.159. The van der Waals surface area contributed by atoms with Gasteiger partial charge in [-0.25, -0.2) is 19.4 Å². The maximum atomic E-state index is 14.1. The number of unbranched alkanes of at least 4 members (excludes halogenated alkanes) is 1. The van der Waals surface area contributed by atoms with Gasteiger partial charge in [0, 0.05) is 57.9 Å². The first-order valence-corrected chi connectivity index (χ1v) is 21.0. The Bertz CT molecular complexity index is 2250. The standard InChI is InChI=1S/C47H59N7O7.2H2/c1-45(2,3)61-41(55)37(22-14-15-25-48-44(58)60-31-32-16-8-6-9-17-32)51-42(56)46(4,5)39-30-50-40(53-39)38(28-33-29-49-36-21-13-12-20-35(33)36)52-43(57)54-26-23-47(59,24-27-54)34-18-10-7-11-19-34;;/h6-13,16-21,29-30,37-38,49,59H,14-15,22-28,31H2,1-5H3,(H,48,58)(H,50,53)(H,51,56)(H,52,57);2*1H/t37-,38-;;/m1../s1. The number of likely N-dealkylation sites (tertiary alicyclic amines) is 1. The second kappa shape index (κ2) is 19.5. The lowest BCUT2D eigenvalue weighted by Crippen LogP contribution is -2.50. The average molecular weight is 838 g/mol. The highest BCUT2D eigenvalue weighted by Gasteiger charge is 2.38. The number of H-pyrrole nitrogens is 2. The van der Waals surface area contributed by atoms with E-state index in [0.29, 0.717) is 63.3 Å². The number of rotatable bonds is 16. The Morgan fingerprint density at radius 1 is 0.902 bits per heavy atom. The van der Waals surface area contributed by atoms with Crippen LogP contribution in [0.1, 0.15) is 104 Å². The van der Waals surface area contributed by atoms with Crippen molar-refractivity contribution in [2.24, 2.45) is 0 Å². The third-order valence-electron chi connectivity index (χ3n) is 11.2. The van der Waals surface area contributed by atoms with E-state index in [2.05, 4.69) is 25.9 Å². The molecular formula is C47H63N7O7. The van der Waals surface area contributed by atoms with Crippen molar-refractivity contribution in [3.05, 3.63) is 126 Å². The smallest absolute Gasteiger partial charge is 0.407 e. The Morgan fingerprint density at radius 3 is 2.28 bits per heavy atom. The molecule has 1 saturated heterocycles. The zero-order valence-corrected chi connectivity index (χ0v) is 35.8. The molecule has 61 heavy (non-hydrogen) atoms. The highest BCUT2D eigenvalue weighted by Crippen LogP contribution is 2.33. The minimum atomic E-state index is -1.18. The van der Waals surface area contributed by atoms with Gasteiger partial charge in [-0.2, -0.15) is 0 Å². The first kappa shape index (κ1) is 44.4. The first-order chi connectivity index (χ1) is 29.1. The topological polar surface area (TPSA) is 191 Å². The van der Waals surface area contributed by atoms with Crippen LogP contribution in [0.4, 0.5) is 9.59 Å². The Hall–Kier alpha value is -6.15. The molecule has 6 rings (SSSR count). The van der Waals surface area contributed by atoms with Crippen LogP contribution in [-0.4, -0.2) is 80.2 Å². The number of aromatic nitrogens is 3. The summed E-state index contributed by atoms with van der Waals surface area (Å²) < 4.78 is 11.0. The minimum absolute atomic E-state index is 0. The number of imidazole rings is 1. The Morgan fingerprint density at radius 2 is 1.57 bits per heavy atom. The van der Waals surface area contributed by atoms with Gasteiger partial charge in [-0.15, -0.1) is 0 Å². The molecule has 1 aliphatic heterocycles. The average Bonchev–Trinajstić information content (AvgIpc) is 3.91. The van der Waals surface area contributed by atoms with E-state index in [0.717, 1.165) is 27.6 Å². The molecule has 1 fully saturated rings. The number of nitrogens with one attached hydrogen (secondary N) is 5. The Labute approximate surface area is 360 Å². The van der Waals surface area contributed by atoms with E-state index in [1.807, 2.05) is 91.1 Å². The first-order valence-electron chi connectivity index (χ1n) is 21.0. The lowest BCUT2D eigenvalue weighted by Gasteiger charge is -2.39. The Balaban J connectivity index is 0.00000436. The van der Waals surface area contributed by atoms with Gasteiger partial charge in [-0.3, -0.25) is 4.79 Å². The van der Waals surface area contributed by atoms with Gasteiger partial charge in [0.2, 0.25) is 5.91 Å². The number of amides is 4. The van der Waals surface area contributed by atoms with Crippen LogP contribution in [0.2, 0.25) is 0 Å². The molecule has 3 heterocycles. The third kappa shape index (κ3) is 11.8. The van der Waals surface area contributed by atoms with E-state index in [1.165, 1.54) is 0 Å². The molecule has 3 aromatic carbocycles. The number of piperidine rings is 1. The predicted molar refractivity (Wildman–Crippen MR) is 237 cm³/mol. The highest BCUT2D eigenvalue weighted by atomic mass is 16.6. The number of fused-ring (bicyclic) bond motifs is 1. The minimum Gasteiger partial charge on any atom is -0.458 e. The van der Waals surface area contributed by atoms with E-state index < -0.39 is 46.7 Å². The summed E-state index contributed by atoms with van der Waals surface area (Å²) >= 11 is 0. The van der Waals surface area contributed by atoms with Crippen molar-refractivity contribution < 1.29 is 36.6 Å². The van der Waals surface area contributed by atoms with Gasteiger partial charge in [0.1, 0.15) is 24.1 Å². The van der Waals surface area contributed by atoms with E-state index in [-0.39, 0.29) is 21.9 Å². The second-order valence-corrected chi connectivity index (χ2v) is 17.3. The number of urea groups is 1. The zero-order chi connectivity index (χ0) is 43.6. The molecule has 14 nitrogen and oxygen atoms in total. The fourth-order valence-corrected chi connectivity index (χ4v) is 7.45. The molecule has 2 atom stereocenters. The van der Waals surface area contributed by atoms with Gasteiger partial charge >= 0.3 is 18.1 Å². The molecule has 328 valence electrons. The summed E-state index contributed by atoms with van der Waals surface area (Å²) in [6.07, 6.45) is 5.51. The predicted octanol–water partition coefficient (Wildman–Crippen LogP) is 7.56. The fraction of sp³-hybridized carbons (Fsp3) is 0.426. The van der Waals surface area contributed by atoms with Crippen LogP contribution in [0.15, 0.2) is 97.3 Å². The molecule has 1 aliphatic rings. The van der Waals surface area contributed by atoms with Crippen LogP contribution in [0.3, 0.4) is 0 Å². The largest absolute Gasteiger partial charge is 0.458 e. The van der Waals surface area contributed by atoms with Crippen LogP contribution in [0.25, 0.3) is 10.9 Å². The molecule has 0 bridgehead atoms. The van der Waals surface area contributed by atoms with E-state index in [1.54, 1.807) is 45.7 Å². The second-order valence-electron chi connectivity index (χ2n) is 17.3. The normalized spacial score (nSPS) is 15.1. The van der Waals surface area contributed by atoms with Gasteiger partial charge in [0.25, 0.3) is 0 Å². The number of aromatic amines is 2. The summed E-state index contributed by atoms with van der Waals surface area (Å²) in [7, 11) is 0. The summed E-state index contributed by atoms with van der Waals surface area (Å²) in [5.74, 6) is -0.512. The number of esters is 1. The quantitative estimate of drug-likeness (QED) is 0.0433. The molecule has 0 aliphatic carbocycles. The molecule has 6 N–H and O–H groups in total. The number of carbonyl (C=O) groups is 4. The van der Waals surface area contributed by atoms with Crippen molar-refractivity contribution >= 4 is 34.9 Å². The summed E-state index contributed by atoms with van der Waals surface area (Å²) in [6.45, 7) is 10.0. The van der Waals surface area contributed by atoms with Crippen molar-refractivity contribution in [1.29, 1.82) is 0 Å². The molecule has 0 spiro atoms. The number of ether oxygens (including phenoxy) is 2.